The molecule has 5 heteroatoms. The Labute approximate surface area is 140 Å². The predicted molar refractivity (Wildman–Crippen MR) is 94.6 cm³/mol. The van der Waals surface area contributed by atoms with Crippen LogP contribution in [0.2, 0.25) is 0 Å². The summed E-state index contributed by atoms with van der Waals surface area (Å²) < 4.78 is 3.48. The molecule has 0 fully saturated rings. The molecule has 5 nitrogen and oxygen atoms in total. The van der Waals surface area contributed by atoms with Gasteiger partial charge in [-0.05, 0) is 29.7 Å². The maximum Gasteiger partial charge on any atom is 0.328 e. The Kier molecular flexibility index (Phi) is 3.76. The second-order valence-corrected chi connectivity index (χ2v) is 7.23. The van der Waals surface area contributed by atoms with Crippen molar-refractivity contribution in [3.63, 3.8) is 0 Å². The minimum absolute atomic E-state index is 0.0134. The Morgan fingerprint density at radius 2 is 1.92 bits per heavy atom. The Morgan fingerprint density at radius 1 is 1.17 bits per heavy atom. The number of hydrogen-bond donors (Lipinski definition) is 0. The number of hydrogen-bond acceptors (Lipinski definition) is 3. The molecule has 0 aliphatic rings. The lowest BCUT2D eigenvalue weighted by Gasteiger charge is -2.18. The molecule has 0 saturated carbocycles. The number of rotatable bonds is 2. The summed E-state index contributed by atoms with van der Waals surface area (Å²) in [6.07, 6.45) is 1.63. The van der Waals surface area contributed by atoms with Crippen LogP contribution >= 0.6 is 0 Å². The van der Waals surface area contributed by atoms with Gasteiger partial charge in [-0.2, -0.15) is 5.26 Å². The van der Waals surface area contributed by atoms with Crippen molar-refractivity contribution < 1.29 is 0 Å². The standard InChI is InChI=1S/C19H20N4O/c1-19(2,3)12-23-16-6-5-14(10-17(16)22(4)18(23)24)15-9-13(11-20)7-8-21-15/h5-10H,12H2,1-4H3. The van der Waals surface area contributed by atoms with E-state index in [-0.39, 0.29) is 11.1 Å². The van der Waals surface area contributed by atoms with Crippen LogP contribution < -0.4 is 5.69 Å². The molecule has 24 heavy (non-hydrogen) atoms. The van der Waals surface area contributed by atoms with Gasteiger partial charge in [-0.1, -0.05) is 26.8 Å². The zero-order chi connectivity index (χ0) is 17.5. The molecule has 0 spiro atoms. The molecular weight excluding hydrogens is 300 g/mol. The molecule has 0 N–H and O–H groups in total. The zero-order valence-electron chi connectivity index (χ0n) is 14.4. The molecule has 3 rings (SSSR count). The van der Waals surface area contributed by atoms with Gasteiger partial charge >= 0.3 is 5.69 Å². The molecule has 0 unspecified atom stereocenters. The van der Waals surface area contributed by atoms with E-state index in [2.05, 4.69) is 31.8 Å². The van der Waals surface area contributed by atoms with E-state index in [0.717, 1.165) is 22.3 Å². The molecule has 0 aliphatic heterocycles. The third-order valence-electron chi connectivity index (χ3n) is 3.96. The van der Waals surface area contributed by atoms with E-state index in [0.29, 0.717) is 12.1 Å². The van der Waals surface area contributed by atoms with Gasteiger partial charge in [0.2, 0.25) is 0 Å². The number of nitriles is 1. The largest absolute Gasteiger partial charge is 0.328 e. The van der Waals surface area contributed by atoms with Crippen LogP contribution in [0.4, 0.5) is 0 Å². The molecule has 2 heterocycles. The molecule has 0 aliphatic carbocycles. The topological polar surface area (TPSA) is 63.6 Å². The van der Waals surface area contributed by atoms with Gasteiger partial charge in [0, 0.05) is 25.4 Å². The summed E-state index contributed by atoms with van der Waals surface area (Å²) in [4.78, 5) is 16.9. The lowest BCUT2D eigenvalue weighted by atomic mass is 9.97. The van der Waals surface area contributed by atoms with Crippen molar-refractivity contribution >= 4 is 11.0 Å². The monoisotopic (exact) mass is 320 g/mol. The van der Waals surface area contributed by atoms with Gasteiger partial charge in [0.25, 0.3) is 0 Å². The van der Waals surface area contributed by atoms with Crippen molar-refractivity contribution in [2.45, 2.75) is 27.3 Å². The first-order chi connectivity index (χ1) is 11.3. The first-order valence-electron chi connectivity index (χ1n) is 7.86. The van der Waals surface area contributed by atoms with Crippen LogP contribution in [0.15, 0.2) is 41.3 Å². The molecule has 0 radical (unpaired) electrons. The minimum atomic E-state index is -0.0178. The second kappa shape index (κ2) is 5.64. The van der Waals surface area contributed by atoms with Crippen molar-refractivity contribution in [3.05, 3.63) is 52.6 Å². The SMILES string of the molecule is Cn1c(=O)n(CC(C)(C)C)c2ccc(-c3cc(C#N)ccn3)cc21. The summed E-state index contributed by atoms with van der Waals surface area (Å²) in [5.41, 5.74) is 3.97. The second-order valence-electron chi connectivity index (χ2n) is 7.23. The van der Waals surface area contributed by atoms with Crippen molar-refractivity contribution in [2.75, 3.05) is 0 Å². The highest BCUT2D eigenvalue weighted by Gasteiger charge is 2.18. The number of aryl methyl sites for hydroxylation is 1. The van der Waals surface area contributed by atoms with Gasteiger partial charge in [0.1, 0.15) is 0 Å². The van der Waals surface area contributed by atoms with Gasteiger partial charge < -0.3 is 0 Å². The molecule has 0 bridgehead atoms. The fourth-order valence-corrected chi connectivity index (χ4v) is 2.85. The summed E-state index contributed by atoms with van der Waals surface area (Å²) in [6, 6.07) is 11.4. The highest BCUT2D eigenvalue weighted by molar-refractivity contribution is 5.82. The van der Waals surface area contributed by atoms with E-state index in [9.17, 15) is 4.79 Å². The molecule has 0 saturated heterocycles. The lowest BCUT2D eigenvalue weighted by Crippen LogP contribution is -2.27. The molecule has 0 atom stereocenters. The molecule has 3 aromatic rings. The third kappa shape index (κ3) is 2.83. The number of aromatic nitrogens is 3. The van der Waals surface area contributed by atoms with E-state index in [1.807, 2.05) is 22.8 Å². The predicted octanol–water partition coefficient (Wildman–Crippen LogP) is 3.32. The zero-order valence-corrected chi connectivity index (χ0v) is 14.4. The average molecular weight is 320 g/mol. The summed E-state index contributed by atoms with van der Waals surface area (Å²) in [7, 11) is 1.78. The van der Waals surface area contributed by atoms with Crippen molar-refractivity contribution in [1.82, 2.24) is 14.1 Å². The molecule has 0 amide bonds. The van der Waals surface area contributed by atoms with Crippen LogP contribution in [-0.2, 0) is 13.6 Å². The molecule has 2 aromatic heterocycles. The lowest BCUT2D eigenvalue weighted by molar-refractivity contribution is 0.342. The van der Waals surface area contributed by atoms with E-state index in [1.165, 1.54) is 0 Å². The number of pyridine rings is 1. The number of fused-ring (bicyclic) bond motifs is 1. The van der Waals surface area contributed by atoms with Crippen molar-refractivity contribution in [1.29, 1.82) is 5.26 Å². The first kappa shape index (κ1) is 16.0. The first-order valence-corrected chi connectivity index (χ1v) is 7.86. The summed E-state index contributed by atoms with van der Waals surface area (Å²) in [5.74, 6) is 0. The Morgan fingerprint density at radius 3 is 2.58 bits per heavy atom. The number of nitrogens with zero attached hydrogens (tertiary/aromatic N) is 4. The Bertz CT molecular complexity index is 1010. The van der Waals surface area contributed by atoms with Crippen molar-refractivity contribution in [3.8, 4) is 17.3 Å². The number of imidazole rings is 1. The van der Waals surface area contributed by atoms with Crippen LogP contribution in [0.25, 0.3) is 22.3 Å². The van der Waals surface area contributed by atoms with Gasteiger partial charge in [-0.25, -0.2) is 4.79 Å². The van der Waals surface area contributed by atoms with Crippen LogP contribution in [0.1, 0.15) is 26.3 Å². The maximum absolute atomic E-state index is 12.6. The van der Waals surface area contributed by atoms with Crippen LogP contribution in [0.5, 0.6) is 0 Å². The van der Waals surface area contributed by atoms with E-state index in [1.54, 1.807) is 29.9 Å². The van der Waals surface area contributed by atoms with Crippen LogP contribution in [0.3, 0.4) is 0 Å². The summed E-state index contributed by atoms with van der Waals surface area (Å²) in [5, 5.41) is 9.05. The highest BCUT2D eigenvalue weighted by Crippen LogP contribution is 2.25. The van der Waals surface area contributed by atoms with Crippen molar-refractivity contribution in [2.24, 2.45) is 12.5 Å². The maximum atomic E-state index is 12.6. The van der Waals surface area contributed by atoms with E-state index < -0.39 is 0 Å². The van der Waals surface area contributed by atoms with E-state index in [4.69, 9.17) is 5.26 Å². The van der Waals surface area contributed by atoms with E-state index >= 15 is 0 Å². The fraction of sp³-hybridized carbons (Fsp3) is 0.316. The molecule has 122 valence electrons. The van der Waals surface area contributed by atoms with Crippen LogP contribution in [0, 0.1) is 16.7 Å². The van der Waals surface area contributed by atoms with Crippen LogP contribution in [-0.4, -0.2) is 14.1 Å². The normalized spacial score (nSPS) is 11.6. The smallest absolute Gasteiger partial charge is 0.295 e. The van der Waals surface area contributed by atoms with Gasteiger partial charge in [0.15, 0.2) is 0 Å². The quantitative estimate of drug-likeness (QED) is 0.727. The summed E-state index contributed by atoms with van der Waals surface area (Å²) in [6.45, 7) is 7.00. The Balaban J connectivity index is 2.18. The Hall–Kier alpha value is -2.87. The summed E-state index contributed by atoms with van der Waals surface area (Å²) >= 11 is 0. The molecular formula is C19H20N4O. The third-order valence-corrected chi connectivity index (χ3v) is 3.96. The molecule has 1 aromatic carbocycles. The minimum Gasteiger partial charge on any atom is -0.295 e. The highest BCUT2D eigenvalue weighted by atomic mass is 16.1. The number of benzene rings is 1. The van der Waals surface area contributed by atoms with Gasteiger partial charge in [0.05, 0.1) is 28.4 Å². The fourth-order valence-electron chi connectivity index (χ4n) is 2.85. The van der Waals surface area contributed by atoms with Gasteiger partial charge in [-0.15, -0.1) is 0 Å². The van der Waals surface area contributed by atoms with Gasteiger partial charge in [-0.3, -0.25) is 14.1 Å². The average Bonchev–Trinajstić information content (AvgIpc) is 2.78.